The molecule has 2 rings (SSSR count). The lowest BCUT2D eigenvalue weighted by atomic mass is 10.0. The van der Waals surface area contributed by atoms with E-state index in [1.165, 1.54) is 96.3 Å². The molecular formula is C31H52ClN3O2. The van der Waals surface area contributed by atoms with Crippen LogP contribution in [0.2, 0.25) is 0 Å². The monoisotopic (exact) mass is 533 g/mol. The number of alkyl halides is 1. The molecule has 1 N–H and O–H groups in total. The van der Waals surface area contributed by atoms with E-state index < -0.39 is 0 Å². The van der Waals surface area contributed by atoms with Crippen LogP contribution in [0.3, 0.4) is 0 Å². The van der Waals surface area contributed by atoms with Crippen LogP contribution in [-0.4, -0.2) is 54.5 Å². The van der Waals surface area contributed by atoms with Crippen molar-refractivity contribution < 1.29 is 9.59 Å². The summed E-state index contributed by atoms with van der Waals surface area (Å²) in [6, 6.07) is 7.44. The molecule has 1 aromatic rings. The zero-order valence-corrected chi connectivity index (χ0v) is 24.2. The molecule has 1 aliphatic rings. The fourth-order valence-electron chi connectivity index (χ4n) is 5.01. The second-order valence-corrected chi connectivity index (χ2v) is 10.9. The zero-order chi connectivity index (χ0) is 26.6. The number of carbonyl (C=O) groups is 2. The van der Waals surface area contributed by atoms with Gasteiger partial charge in [-0.05, 0) is 24.1 Å². The van der Waals surface area contributed by atoms with Gasteiger partial charge >= 0.3 is 6.03 Å². The van der Waals surface area contributed by atoms with Crippen LogP contribution >= 0.6 is 11.6 Å². The van der Waals surface area contributed by atoms with Gasteiger partial charge in [0.25, 0.3) is 5.91 Å². The first kappa shape index (κ1) is 31.5. The van der Waals surface area contributed by atoms with E-state index in [-0.39, 0.29) is 11.9 Å². The molecule has 1 aromatic carbocycles. The molecule has 6 heteroatoms. The summed E-state index contributed by atoms with van der Waals surface area (Å²) in [6.45, 7) is 5.32. The molecule has 0 spiro atoms. The number of unbranched alkanes of at least 4 members (excludes halogenated alkanes) is 15. The van der Waals surface area contributed by atoms with E-state index in [4.69, 9.17) is 11.6 Å². The van der Waals surface area contributed by atoms with Gasteiger partial charge in [-0.25, -0.2) is 4.79 Å². The number of carbonyl (C=O) groups excluding carboxylic acids is 2. The molecule has 3 amide bonds. The van der Waals surface area contributed by atoms with Crippen LogP contribution in [0.4, 0.5) is 4.79 Å². The largest absolute Gasteiger partial charge is 0.338 e. The summed E-state index contributed by atoms with van der Waals surface area (Å²) >= 11 is 5.83. The Kier molecular flexibility index (Phi) is 17.2. The van der Waals surface area contributed by atoms with Crippen molar-refractivity contribution in [3.05, 3.63) is 35.4 Å². The minimum Gasteiger partial charge on any atom is -0.338 e. The number of nitrogens with one attached hydrogen (secondary N) is 1. The Balaban J connectivity index is 1.39. The van der Waals surface area contributed by atoms with Crippen LogP contribution < -0.4 is 5.32 Å². The van der Waals surface area contributed by atoms with Crippen molar-refractivity contribution in [1.29, 1.82) is 0 Å². The third-order valence-corrected chi connectivity index (χ3v) is 7.82. The molecule has 0 bridgehead atoms. The van der Waals surface area contributed by atoms with Crippen LogP contribution in [0, 0.1) is 0 Å². The number of piperazine rings is 1. The predicted molar refractivity (Wildman–Crippen MR) is 156 cm³/mol. The van der Waals surface area contributed by atoms with Gasteiger partial charge in [0.15, 0.2) is 0 Å². The van der Waals surface area contributed by atoms with Gasteiger partial charge in [0.2, 0.25) is 0 Å². The standard InChI is InChI=1S/C31H52ClN3O2/c1-2-3-4-5-6-7-8-9-10-11-12-13-14-15-16-17-22-33-31(37)35-25-23-34(24-26-35)30(36)29-20-18-28(27-32)19-21-29/h18-21H,2-17,22-27H2,1H3,(H,33,37). The lowest BCUT2D eigenvalue weighted by Crippen LogP contribution is -2.53. The van der Waals surface area contributed by atoms with E-state index >= 15 is 0 Å². The van der Waals surface area contributed by atoms with E-state index in [9.17, 15) is 9.59 Å². The van der Waals surface area contributed by atoms with E-state index in [0.29, 0.717) is 37.6 Å². The van der Waals surface area contributed by atoms with Gasteiger partial charge in [0.1, 0.15) is 0 Å². The normalized spacial score (nSPS) is 13.7. The van der Waals surface area contributed by atoms with Gasteiger partial charge in [0, 0.05) is 44.2 Å². The first-order valence-corrected chi connectivity index (χ1v) is 15.7. The lowest BCUT2D eigenvalue weighted by Gasteiger charge is -2.34. The fraction of sp³-hybridized carbons (Fsp3) is 0.742. The van der Waals surface area contributed by atoms with E-state index in [1.54, 1.807) is 0 Å². The molecule has 0 saturated carbocycles. The SMILES string of the molecule is CCCCCCCCCCCCCCCCCCNC(=O)N1CCN(C(=O)c2ccc(CCl)cc2)CC1. The Morgan fingerprint density at radius 3 is 1.57 bits per heavy atom. The summed E-state index contributed by atoms with van der Waals surface area (Å²) in [5.74, 6) is 0.469. The molecule has 0 aromatic heterocycles. The lowest BCUT2D eigenvalue weighted by molar-refractivity contribution is 0.0665. The number of hydrogen-bond acceptors (Lipinski definition) is 2. The fourth-order valence-corrected chi connectivity index (χ4v) is 5.19. The second kappa shape index (κ2) is 20.2. The highest BCUT2D eigenvalue weighted by Gasteiger charge is 2.24. The van der Waals surface area contributed by atoms with Gasteiger partial charge in [-0.3, -0.25) is 4.79 Å². The third kappa shape index (κ3) is 13.6. The molecular weight excluding hydrogens is 482 g/mol. The summed E-state index contributed by atoms with van der Waals surface area (Å²) in [5.41, 5.74) is 1.68. The minimum absolute atomic E-state index is 0.000441. The average molecular weight is 534 g/mol. The molecule has 210 valence electrons. The summed E-state index contributed by atoms with van der Waals surface area (Å²) in [4.78, 5) is 28.8. The smallest absolute Gasteiger partial charge is 0.317 e. The number of urea groups is 1. The molecule has 0 atom stereocenters. The van der Waals surface area contributed by atoms with Crippen LogP contribution in [0.1, 0.15) is 126 Å². The number of rotatable bonds is 19. The van der Waals surface area contributed by atoms with Crippen molar-refractivity contribution in [2.75, 3.05) is 32.7 Å². The highest BCUT2D eigenvalue weighted by atomic mass is 35.5. The topological polar surface area (TPSA) is 52.7 Å². The molecule has 1 heterocycles. The Morgan fingerprint density at radius 1 is 0.676 bits per heavy atom. The number of halogens is 1. The third-order valence-electron chi connectivity index (χ3n) is 7.52. The van der Waals surface area contributed by atoms with Crippen molar-refractivity contribution in [2.45, 2.75) is 116 Å². The van der Waals surface area contributed by atoms with Crippen molar-refractivity contribution in [2.24, 2.45) is 0 Å². The number of amides is 3. The maximum absolute atomic E-state index is 12.7. The predicted octanol–water partition coefficient (Wildman–Crippen LogP) is 8.15. The molecule has 1 fully saturated rings. The molecule has 0 aliphatic carbocycles. The molecule has 37 heavy (non-hydrogen) atoms. The van der Waals surface area contributed by atoms with Gasteiger partial charge in [0.05, 0.1) is 0 Å². The first-order valence-electron chi connectivity index (χ1n) is 15.1. The van der Waals surface area contributed by atoms with Crippen LogP contribution in [0.25, 0.3) is 0 Å². The second-order valence-electron chi connectivity index (χ2n) is 10.6. The van der Waals surface area contributed by atoms with Crippen LogP contribution in [0.5, 0.6) is 0 Å². The van der Waals surface area contributed by atoms with Crippen LogP contribution in [-0.2, 0) is 5.88 Å². The maximum atomic E-state index is 12.7. The Bertz CT molecular complexity index is 732. The first-order chi connectivity index (χ1) is 18.2. The van der Waals surface area contributed by atoms with Crippen molar-refractivity contribution >= 4 is 23.5 Å². The molecule has 1 aliphatic heterocycles. The molecule has 5 nitrogen and oxygen atoms in total. The van der Waals surface area contributed by atoms with E-state index in [1.807, 2.05) is 34.1 Å². The minimum atomic E-state index is -0.000441. The molecule has 1 saturated heterocycles. The van der Waals surface area contributed by atoms with Crippen molar-refractivity contribution in [3.63, 3.8) is 0 Å². The summed E-state index contributed by atoms with van der Waals surface area (Å²) in [5, 5.41) is 3.06. The number of nitrogens with zero attached hydrogens (tertiary/aromatic N) is 2. The summed E-state index contributed by atoms with van der Waals surface area (Å²) in [6.07, 6.45) is 21.6. The number of benzene rings is 1. The van der Waals surface area contributed by atoms with Gasteiger partial charge in [-0.2, -0.15) is 0 Å². The quantitative estimate of drug-likeness (QED) is 0.144. The van der Waals surface area contributed by atoms with Crippen molar-refractivity contribution in [1.82, 2.24) is 15.1 Å². The van der Waals surface area contributed by atoms with Crippen molar-refractivity contribution in [3.8, 4) is 0 Å². The number of hydrogen-bond donors (Lipinski definition) is 1. The zero-order valence-electron chi connectivity index (χ0n) is 23.5. The van der Waals surface area contributed by atoms with E-state index in [0.717, 1.165) is 18.5 Å². The Hall–Kier alpha value is -1.75. The average Bonchev–Trinajstić information content (AvgIpc) is 2.94. The molecule has 0 unspecified atom stereocenters. The Morgan fingerprint density at radius 2 is 1.11 bits per heavy atom. The summed E-state index contributed by atoms with van der Waals surface area (Å²) in [7, 11) is 0. The van der Waals surface area contributed by atoms with Crippen LogP contribution in [0.15, 0.2) is 24.3 Å². The summed E-state index contributed by atoms with van der Waals surface area (Å²) < 4.78 is 0. The highest BCUT2D eigenvalue weighted by molar-refractivity contribution is 6.17. The van der Waals surface area contributed by atoms with Gasteiger partial charge in [-0.1, -0.05) is 115 Å². The maximum Gasteiger partial charge on any atom is 0.317 e. The van der Waals surface area contributed by atoms with Gasteiger partial charge < -0.3 is 15.1 Å². The highest BCUT2D eigenvalue weighted by Crippen LogP contribution is 2.14. The Labute approximate surface area is 231 Å². The van der Waals surface area contributed by atoms with E-state index in [2.05, 4.69) is 12.2 Å². The molecule has 0 radical (unpaired) electrons. The van der Waals surface area contributed by atoms with Gasteiger partial charge in [-0.15, -0.1) is 11.6 Å².